The summed E-state index contributed by atoms with van der Waals surface area (Å²) in [7, 11) is 0. The van der Waals surface area contributed by atoms with E-state index >= 15 is 0 Å². The largest absolute Gasteiger partial charge is 0.491 e. The van der Waals surface area contributed by atoms with E-state index < -0.39 is 0 Å². The highest BCUT2D eigenvalue weighted by Gasteiger charge is 2.09. The van der Waals surface area contributed by atoms with Crippen LogP contribution in [-0.4, -0.2) is 54.3 Å². The van der Waals surface area contributed by atoms with Gasteiger partial charge in [0.1, 0.15) is 12.4 Å². The topological polar surface area (TPSA) is 47.5 Å². The van der Waals surface area contributed by atoms with Crippen molar-refractivity contribution >= 4 is 47.8 Å². The first-order valence-electron chi connectivity index (χ1n) is 7.43. The van der Waals surface area contributed by atoms with Gasteiger partial charge < -0.3 is 9.47 Å². The molecule has 24 heavy (non-hydrogen) atoms. The van der Waals surface area contributed by atoms with Crippen LogP contribution in [0.15, 0.2) is 50.3 Å². The van der Waals surface area contributed by atoms with Gasteiger partial charge >= 0.3 is 0 Å². The van der Waals surface area contributed by atoms with Gasteiger partial charge in [0.25, 0.3) is 0 Å². The molecule has 0 spiro atoms. The zero-order valence-electron chi connectivity index (χ0n) is 13.0. The number of hydrogen-bond acceptors (Lipinski definition) is 5. The molecule has 130 valence electrons. The van der Waals surface area contributed by atoms with Crippen molar-refractivity contribution in [2.75, 3.05) is 39.5 Å². The summed E-state index contributed by atoms with van der Waals surface area (Å²) in [5, 5.41) is 0. The smallest absolute Gasteiger partial charge is 0.138 e. The fraction of sp³-hybridized carbons (Fsp3) is 0.375. The molecule has 0 amide bonds. The van der Waals surface area contributed by atoms with Gasteiger partial charge in [0.15, 0.2) is 0 Å². The first-order valence-corrected chi connectivity index (χ1v) is 9.81. The molecule has 1 aliphatic rings. The van der Waals surface area contributed by atoms with Crippen molar-refractivity contribution in [3.63, 3.8) is 0 Å². The molecule has 1 saturated heterocycles. The molecule has 2 aromatic rings. The Bertz CT molecular complexity index is 608. The maximum Gasteiger partial charge on any atom is 0.138 e. The van der Waals surface area contributed by atoms with Gasteiger partial charge in [0.2, 0.25) is 0 Å². The second-order valence-corrected chi connectivity index (χ2v) is 7.71. The number of nitrogens with zero attached hydrogens (tertiary/aromatic N) is 3. The summed E-state index contributed by atoms with van der Waals surface area (Å²) in [5.41, 5.74) is 0. The molecule has 8 heteroatoms. The highest BCUT2D eigenvalue weighted by molar-refractivity contribution is 9.11. The lowest BCUT2D eigenvalue weighted by Crippen LogP contribution is -2.38. The molecule has 0 aromatic carbocycles. The number of halogens is 3. The van der Waals surface area contributed by atoms with Crippen LogP contribution in [0.2, 0.25) is 0 Å². The van der Waals surface area contributed by atoms with Crippen LogP contribution in [0.1, 0.15) is 0 Å². The number of hydrogen-bond donors (Lipinski definition) is 0. The summed E-state index contributed by atoms with van der Waals surface area (Å²) < 4.78 is 13.8. The third-order valence-corrected chi connectivity index (χ3v) is 4.43. The fourth-order valence-corrected chi connectivity index (χ4v) is 3.36. The van der Waals surface area contributed by atoms with E-state index in [0.717, 1.165) is 52.0 Å². The Morgan fingerprint density at radius 3 is 2.04 bits per heavy atom. The third-order valence-electron chi connectivity index (χ3n) is 3.13. The van der Waals surface area contributed by atoms with Gasteiger partial charge in [-0.2, -0.15) is 0 Å². The van der Waals surface area contributed by atoms with Crippen LogP contribution in [0, 0.1) is 0 Å². The summed E-state index contributed by atoms with van der Waals surface area (Å²) in [6.45, 7) is 5.30. The van der Waals surface area contributed by atoms with Gasteiger partial charge in [0, 0.05) is 51.6 Å². The van der Waals surface area contributed by atoms with Gasteiger partial charge in [-0.25, -0.2) is 0 Å². The minimum absolute atomic E-state index is 0.693. The number of aromatic nitrogens is 2. The van der Waals surface area contributed by atoms with Crippen molar-refractivity contribution in [2.45, 2.75) is 0 Å². The van der Waals surface area contributed by atoms with Gasteiger partial charge in [-0.15, -0.1) is 0 Å². The quantitative estimate of drug-likeness (QED) is 0.602. The molecule has 1 fully saturated rings. The average Bonchev–Trinajstić information content (AvgIpc) is 2.56. The van der Waals surface area contributed by atoms with Gasteiger partial charge in [-0.05, 0) is 59.9 Å². The highest BCUT2D eigenvalue weighted by atomic mass is 79.9. The van der Waals surface area contributed by atoms with Gasteiger partial charge in [-0.3, -0.25) is 14.9 Å². The SMILES string of the molecule is Brc1cncc(Br)c1.Brc1cncc(OCCN2CCOCC2)c1. The maximum absolute atomic E-state index is 5.61. The molecule has 0 bridgehead atoms. The molecule has 0 radical (unpaired) electrons. The highest BCUT2D eigenvalue weighted by Crippen LogP contribution is 2.15. The molecule has 3 heterocycles. The molecule has 0 aliphatic carbocycles. The van der Waals surface area contributed by atoms with Crippen LogP contribution < -0.4 is 4.74 Å². The van der Waals surface area contributed by atoms with E-state index in [1.165, 1.54) is 0 Å². The van der Waals surface area contributed by atoms with Gasteiger partial charge in [-0.1, -0.05) is 0 Å². The Morgan fingerprint density at radius 2 is 1.50 bits per heavy atom. The summed E-state index contributed by atoms with van der Waals surface area (Å²) in [4.78, 5) is 10.3. The maximum atomic E-state index is 5.61. The number of pyridine rings is 2. The van der Waals surface area contributed by atoms with Crippen molar-refractivity contribution < 1.29 is 9.47 Å². The van der Waals surface area contributed by atoms with E-state index in [1.807, 2.05) is 12.1 Å². The molecular weight excluding hydrogens is 506 g/mol. The lowest BCUT2D eigenvalue weighted by molar-refractivity contribution is 0.0322. The van der Waals surface area contributed by atoms with Crippen LogP contribution in [0.5, 0.6) is 5.75 Å². The van der Waals surface area contributed by atoms with Crippen molar-refractivity contribution in [1.82, 2.24) is 14.9 Å². The zero-order valence-corrected chi connectivity index (χ0v) is 17.8. The van der Waals surface area contributed by atoms with E-state index in [-0.39, 0.29) is 0 Å². The standard InChI is InChI=1S/C11H15BrN2O2.C5H3Br2N/c12-10-7-11(9-13-8-10)16-6-3-14-1-4-15-5-2-14;6-4-1-5(7)3-8-2-4/h7-9H,1-6H2;1-3H. The molecule has 3 rings (SSSR count). The van der Waals surface area contributed by atoms with Gasteiger partial charge in [0.05, 0.1) is 19.4 Å². The lowest BCUT2D eigenvalue weighted by atomic mass is 10.4. The third kappa shape index (κ3) is 8.02. The molecular formula is C16H18Br3N3O2. The lowest BCUT2D eigenvalue weighted by Gasteiger charge is -2.26. The van der Waals surface area contributed by atoms with E-state index in [0.29, 0.717) is 6.61 Å². The van der Waals surface area contributed by atoms with Crippen molar-refractivity contribution in [1.29, 1.82) is 0 Å². The molecule has 0 atom stereocenters. The summed E-state index contributed by atoms with van der Waals surface area (Å²) >= 11 is 9.90. The van der Waals surface area contributed by atoms with Crippen molar-refractivity contribution in [3.05, 3.63) is 50.3 Å². The predicted octanol–water partition coefficient (Wildman–Crippen LogP) is 4.16. The molecule has 1 aliphatic heterocycles. The van der Waals surface area contributed by atoms with E-state index in [9.17, 15) is 0 Å². The normalized spacial score (nSPS) is 14.6. The van der Waals surface area contributed by atoms with Crippen LogP contribution in [0.25, 0.3) is 0 Å². The van der Waals surface area contributed by atoms with Crippen LogP contribution in [-0.2, 0) is 4.74 Å². The minimum Gasteiger partial charge on any atom is -0.491 e. The van der Waals surface area contributed by atoms with E-state index in [4.69, 9.17) is 9.47 Å². The molecule has 0 unspecified atom stereocenters. The van der Waals surface area contributed by atoms with E-state index in [2.05, 4.69) is 62.7 Å². The monoisotopic (exact) mass is 521 g/mol. The average molecular weight is 524 g/mol. The molecule has 5 nitrogen and oxygen atoms in total. The summed E-state index contributed by atoms with van der Waals surface area (Å²) in [6, 6.07) is 3.86. The van der Waals surface area contributed by atoms with Crippen molar-refractivity contribution in [3.8, 4) is 5.75 Å². The second-order valence-electron chi connectivity index (χ2n) is 4.96. The summed E-state index contributed by atoms with van der Waals surface area (Å²) in [6.07, 6.45) is 6.95. The Hall–Kier alpha value is -0.540. The van der Waals surface area contributed by atoms with Crippen LogP contribution in [0.3, 0.4) is 0 Å². The molecule has 0 saturated carbocycles. The first kappa shape index (κ1) is 19.8. The first-order chi connectivity index (χ1) is 11.6. The molecule has 2 aromatic heterocycles. The minimum atomic E-state index is 0.693. The van der Waals surface area contributed by atoms with Crippen LogP contribution in [0.4, 0.5) is 0 Å². The fourth-order valence-electron chi connectivity index (χ4n) is 1.97. The number of morpholine rings is 1. The number of rotatable bonds is 4. The second kappa shape index (κ2) is 11.1. The van der Waals surface area contributed by atoms with E-state index in [1.54, 1.807) is 24.8 Å². The zero-order chi connectivity index (χ0) is 17.2. The Balaban J connectivity index is 0.000000219. The Morgan fingerprint density at radius 1 is 0.917 bits per heavy atom. The predicted molar refractivity (Wildman–Crippen MR) is 104 cm³/mol. The number of ether oxygens (including phenoxy) is 2. The summed E-state index contributed by atoms with van der Waals surface area (Å²) in [5.74, 6) is 0.808. The Kier molecular flexibility index (Phi) is 9.19. The van der Waals surface area contributed by atoms with Crippen molar-refractivity contribution in [2.24, 2.45) is 0 Å². The van der Waals surface area contributed by atoms with Crippen LogP contribution >= 0.6 is 47.8 Å². The molecule has 0 N–H and O–H groups in total. The Labute approximate surface area is 167 Å².